The fourth-order valence-corrected chi connectivity index (χ4v) is 1.56. The molecule has 1 aliphatic heterocycles. The van der Waals surface area contributed by atoms with Gasteiger partial charge in [-0.2, -0.15) is 4.57 Å². The molecule has 0 N–H and O–H groups in total. The second kappa shape index (κ2) is 2.81. The van der Waals surface area contributed by atoms with Crippen LogP contribution in [-0.4, -0.2) is 11.4 Å². The van der Waals surface area contributed by atoms with Crippen molar-refractivity contribution in [2.24, 2.45) is 0 Å². The van der Waals surface area contributed by atoms with Crippen LogP contribution in [0.15, 0.2) is 24.4 Å². The number of halogens is 1. The molecule has 2 nitrogen and oxygen atoms in total. The van der Waals surface area contributed by atoms with Crippen LogP contribution < -0.4 is 9.30 Å². The molecule has 11 heavy (non-hydrogen) atoms. The van der Waals surface area contributed by atoms with Crippen molar-refractivity contribution in [2.75, 3.05) is 5.33 Å². The number of hydrogen-bond acceptors (Lipinski definition) is 1. The summed E-state index contributed by atoms with van der Waals surface area (Å²) in [5.41, 5.74) is 0. The molecule has 1 aromatic rings. The lowest BCUT2D eigenvalue weighted by Crippen LogP contribution is -2.32. The molecule has 3 heteroatoms. The Morgan fingerprint density at radius 3 is 3.27 bits per heavy atom. The number of nitrogens with zero attached hydrogens (tertiary/aromatic N) is 1. The second-order valence-corrected chi connectivity index (χ2v) is 3.23. The summed E-state index contributed by atoms with van der Waals surface area (Å²) in [6.07, 6.45) is 2.34. The first-order chi connectivity index (χ1) is 5.40. The lowest BCUT2D eigenvalue weighted by molar-refractivity contribution is -0.681. The summed E-state index contributed by atoms with van der Waals surface area (Å²) in [5.74, 6) is 0.969. The first kappa shape index (κ1) is 7.10. The molecule has 0 bridgehead atoms. The summed E-state index contributed by atoms with van der Waals surface area (Å²) in [7, 11) is 0. The number of alkyl halides is 1. The van der Waals surface area contributed by atoms with E-state index in [2.05, 4.69) is 20.5 Å². The zero-order valence-electron chi connectivity index (χ0n) is 6.03. The van der Waals surface area contributed by atoms with Crippen molar-refractivity contribution in [1.29, 1.82) is 0 Å². The summed E-state index contributed by atoms with van der Waals surface area (Å²) in [6.45, 7) is 0.960. The molecular formula is C8H9BrNO+. The maximum Gasteiger partial charge on any atom is 0.368 e. The minimum absolute atomic E-state index is 0.303. The lowest BCUT2D eigenvalue weighted by atomic mass is 10.4. The lowest BCUT2D eigenvalue weighted by Gasteiger charge is -1.96. The molecule has 0 saturated heterocycles. The Morgan fingerprint density at radius 1 is 1.64 bits per heavy atom. The number of ether oxygens (including phenoxy) is 1. The van der Waals surface area contributed by atoms with Crippen LogP contribution in [0.2, 0.25) is 0 Å². The Hall–Kier alpha value is -0.570. The molecule has 0 aliphatic carbocycles. The molecule has 1 aromatic heterocycles. The first-order valence-electron chi connectivity index (χ1n) is 3.61. The molecule has 1 unspecified atom stereocenters. The topological polar surface area (TPSA) is 13.1 Å². The van der Waals surface area contributed by atoms with Crippen LogP contribution in [0, 0.1) is 0 Å². The summed E-state index contributed by atoms with van der Waals surface area (Å²) in [6, 6.07) is 5.99. The number of hydrogen-bond donors (Lipinski definition) is 0. The van der Waals surface area contributed by atoms with Crippen LogP contribution >= 0.6 is 15.9 Å². The van der Waals surface area contributed by atoms with Gasteiger partial charge in [-0.15, -0.1) is 0 Å². The maximum atomic E-state index is 5.57. The molecule has 0 aromatic carbocycles. The maximum absolute atomic E-state index is 5.57. The van der Waals surface area contributed by atoms with Crippen LogP contribution in [0.4, 0.5) is 0 Å². The van der Waals surface area contributed by atoms with Crippen LogP contribution in [0.5, 0.6) is 5.88 Å². The van der Waals surface area contributed by atoms with Gasteiger partial charge in [0.05, 0.1) is 6.07 Å². The van der Waals surface area contributed by atoms with Crippen molar-refractivity contribution in [2.45, 2.75) is 12.6 Å². The quantitative estimate of drug-likeness (QED) is 0.505. The summed E-state index contributed by atoms with van der Waals surface area (Å²) >= 11 is 3.40. The van der Waals surface area contributed by atoms with Crippen molar-refractivity contribution in [1.82, 2.24) is 0 Å². The average molecular weight is 215 g/mol. The monoisotopic (exact) mass is 214 g/mol. The second-order valence-electron chi connectivity index (χ2n) is 2.59. The fourth-order valence-electron chi connectivity index (χ4n) is 1.23. The van der Waals surface area contributed by atoms with E-state index in [1.807, 2.05) is 24.4 Å². The molecule has 1 atom stereocenters. The predicted molar refractivity (Wildman–Crippen MR) is 44.8 cm³/mol. The van der Waals surface area contributed by atoms with Crippen molar-refractivity contribution in [3.05, 3.63) is 24.4 Å². The van der Waals surface area contributed by atoms with Gasteiger partial charge in [0.2, 0.25) is 0 Å². The molecule has 2 rings (SSSR count). The van der Waals surface area contributed by atoms with E-state index in [1.165, 1.54) is 0 Å². The Bertz CT molecular complexity index is 239. The van der Waals surface area contributed by atoms with Gasteiger partial charge < -0.3 is 4.74 Å². The van der Waals surface area contributed by atoms with Gasteiger partial charge in [-0.05, 0) is 6.07 Å². The first-order valence-corrected chi connectivity index (χ1v) is 4.73. The van der Waals surface area contributed by atoms with Crippen molar-refractivity contribution in [3.63, 3.8) is 0 Å². The van der Waals surface area contributed by atoms with Crippen LogP contribution in [-0.2, 0) is 6.54 Å². The molecule has 0 saturated carbocycles. The Morgan fingerprint density at radius 2 is 2.55 bits per heavy atom. The minimum Gasteiger partial charge on any atom is -0.433 e. The number of rotatable bonds is 1. The number of fused-ring (bicyclic) bond motifs is 1. The van der Waals surface area contributed by atoms with Crippen molar-refractivity contribution >= 4 is 15.9 Å². The van der Waals surface area contributed by atoms with Crippen LogP contribution in [0.25, 0.3) is 0 Å². The smallest absolute Gasteiger partial charge is 0.368 e. The third kappa shape index (κ3) is 1.25. The summed E-state index contributed by atoms with van der Waals surface area (Å²) in [5, 5.41) is 0.898. The SMILES string of the molecule is BrCC1C[n+]2ccccc2O1. The Balaban J connectivity index is 2.27. The van der Waals surface area contributed by atoms with E-state index in [-0.39, 0.29) is 0 Å². The van der Waals surface area contributed by atoms with Gasteiger partial charge in [-0.1, -0.05) is 15.9 Å². The summed E-state index contributed by atoms with van der Waals surface area (Å²) < 4.78 is 7.69. The number of pyridine rings is 1. The van der Waals surface area contributed by atoms with Gasteiger partial charge in [0.25, 0.3) is 0 Å². The highest BCUT2D eigenvalue weighted by molar-refractivity contribution is 9.09. The third-order valence-corrected chi connectivity index (χ3v) is 2.48. The largest absolute Gasteiger partial charge is 0.433 e. The van der Waals surface area contributed by atoms with Crippen molar-refractivity contribution in [3.8, 4) is 5.88 Å². The molecule has 0 spiro atoms. The van der Waals surface area contributed by atoms with Gasteiger partial charge >= 0.3 is 5.88 Å². The van der Waals surface area contributed by atoms with E-state index in [4.69, 9.17) is 4.74 Å². The van der Waals surface area contributed by atoms with E-state index < -0.39 is 0 Å². The Kier molecular flexibility index (Phi) is 1.82. The van der Waals surface area contributed by atoms with Gasteiger partial charge in [0.15, 0.2) is 18.8 Å². The van der Waals surface area contributed by atoms with E-state index in [0.717, 1.165) is 17.8 Å². The van der Waals surface area contributed by atoms with Gasteiger partial charge in [-0.25, -0.2) is 0 Å². The highest BCUT2D eigenvalue weighted by Crippen LogP contribution is 2.13. The summed E-state index contributed by atoms with van der Waals surface area (Å²) in [4.78, 5) is 0. The van der Waals surface area contributed by atoms with Gasteiger partial charge in [0, 0.05) is 11.4 Å². The predicted octanol–water partition coefficient (Wildman–Crippen LogP) is 1.13. The van der Waals surface area contributed by atoms with Crippen LogP contribution in [0.1, 0.15) is 0 Å². The molecule has 0 amide bonds. The minimum atomic E-state index is 0.303. The van der Waals surface area contributed by atoms with E-state index in [1.54, 1.807) is 0 Å². The highest BCUT2D eigenvalue weighted by atomic mass is 79.9. The Labute approximate surface area is 73.9 Å². The average Bonchev–Trinajstić information content (AvgIpc) is 2.46. The zero-order valence-corrected chi connectivity index (χ0v) is 7.62. The third-order valence-electron chi connectivity index (χ3n) is 1.76. The van der Waals surface area contributed by atoms with E-state index in [9.17, 15) is 0 Å². The standard InChI is InChI=1S/C8H9BrNO/c9-5-7-6-10-4-2-1-3-8(10)11-7/h1-4,7H,5-6H2/q+1. The molecule has 2 heterocycles. The molecular weight excluding hydrogens is 206 g/mol. The van der Waals surface area contributed by atoms with Crippen molar-refractivity contribution < 1.29 is 9.30 Å². The van der Waals surface area contributed by atoms with E-state index >= 15 is 0 Å². The van der Waals surface area contributed by atoms with Gasteiger partial charge in [-0.3, -0.25) is 0 Å². The van der Waals surface area contributed by atoms with Gasteiger partial charge in [0.1, 0.15) is 0 Å². The molecule has 0 fully saturated rings. The molecule has 0 radical (unpaired) electrons. The van der Waals surface area contributed by atoms with E-state index in [0.29, 0.717) is 6.10 Å². The number of aromatic nitrogens is 1. The fraction of sp³-hybridized carbons (Fsp3) is 0.375. The molecule has 1 aliphatic rings. The van der Waals surface area contributed by atoms with Crippen LogP contribution in [0.3, 0.4) is 0 Å². The highest BCUT2D eigenvalue weighted by Gasteiger charge is 2.27. The zero-order chi connectivity index (χ0) is 7.68. The normalized spacial score (nSPS) is 21.0. The molecule has 58 valence electrons.